The first-order valence-electron chi connectivity index (χ1n) is 5.06. The molecule has 2 aromatic rings. The predicted octanol–water partition coefficient (Wildman–Crippen LogP) is 2.60. The van der Waals surface area contributed by atoms with Gasteiger partial charge in [-0.3, -0.25) is 9.78 Å². The van der Waals surface area contributed by atoms with Crippen LogP contribution in [0.15, 0.2) is 41.3 Å². The Morgan fingerprint density at radius 3 is 2.94 bits per heavy atom. The number of furan rings is 1. The van der Waals surface area contributed by atoms with E-state index in [9.17, 15) is 4.79 Å². The molecule has 2 rings (SSSR count). The molecule has 5 heteroatoms. The minimum Gasteiger partial charge on any atom is -0.452 e. The number of aromatic nitrogens is 1. The van der Waals surface area contributed by atoms with E-state index in [0.717, 1.165) is 5.56 Å². The van der Waals surface area contributed by atoms with E-state index in [-0.39, 0.29) is 11.1 Å². The number of rotatable bonds is 3. The highest BCUT2D eigenvalue weighted by Crippen LogP contribution is 2.18. The van der Waals surface area contributed by atoms with Crippen LogP contribution in [0.1, 0.15) is 15.9 Å². The van der Waals surface area contributed by atoms with Crippen molar-refractivity contribution in [2.75, 3.05) is 7.05 Å². The Kier molecular flexibility index (Phi) is 3.44. The van der Waals surface area contributed by atoms with Crippen LogP contribution in [0.5, 0.6) is 0 Å². The van der Waals surface area contributed by atoms with Crippen LogP contribution in [0.2, 0.25) is 5.22 Å². The molecule has 4 nitrogen and oxygen atoms in total. The molecule has 0 bridgehead atoms. The number of pyridine rings is 1. The maximum atomic E-state index is 12.0. The normalized spacial score (nSPS) is 10.2. The summed E-state index contributed by atoms with van der Waals surface area (Å²) in [4.78, 5) is 17.6. The van der Waals surface area contributed by atoms with Gasteiger partial charge in [0.25, 0.3) is 5.91 Å². The van der Waals surface area contributed by atoms with E-state index in [1.54, 1.807) is 30.4 Å². The zero-order valence-electron chi connectivity index (χ0n) is 9.26. The summed E-state index contributed by atoms with van der Waals surface area (Å²) in [6.07, 6.45) is 4.81. The lowest BCUT2D eigenvalue weighted by atomic mass is 10.2. The van der Waals surface area contributed by atoms with Gasteiger partial charge in [0.05, 0.1) is 11.8 Å². The lowest BCUT2D eigenvalue weighted by Crippen LogP contribution is -2.26. The molecule has 0 aliphatic heterocycles. The third-order valence-corrected chi connectivity index (χ3v) is 2.63. The summed E-state index contributed by atoms with van der Waals surface area (Å²) >= 11 is 5.76. The third kappa shape index (κ3) is 2.65. The fraction of sp³-hybridized carbons (Fsp3) is 0.167. The first-order valence-corrected chi connectivity index (χ1v) is 5.43. The predicted molar refractivity (Wildman–Crippen MR) is 63.8 cm³/mol. The fourth-order valence-electron chi connectivity index (χ4n) is 1.49. The molecular formula is C12H11ClN2O2. The molecule has 0 radical (unpaired) electrons. The summed E-state index contributed by atoms with van der Waals surface area (Å²) in [5, 5.41) is 0.119. The van der Waals surface area contributed by atoms with Crippen LogP contribution in [0.4, 0.5) is 0 Å². The van der Waals surface area contributed by atoms with Gasteiger partial charge in [0.2, 0.25) is 5.22 Å². The van der Waals surface area contributed by atoms with Crippen molar-refractivity contribution in [1.29, 1.82) is 0 Å². The quantitative estimate of drug-likeness (QED) is 0.841. The number of amides is 1. The standard InChI is InChI=1S/C12H11ClN2O2/c1-15(8-9-3-2-5-14-7-9)12(16)10-4-6-17-11(10)13/h2-7H,8H2,1H3. The molecule has 1 amide bonds. The first kappa shape index (κ1) is 11.7. The van der Waals surface area contributed by atoms with Gasteiger partial charge < -0.3 is 9.32 Å². The Hall–Kier alpha value is -1.81. The first-order chi connectivity index (χ1) is 8.18. The molecule has 0 aliphatic rings. The highest BCUT2D eigenvalue weighted by atomic mass is 35.5. The smallest absolute Gasteiger partial charge is 0.258 e. The van der Waals surface area contributed by atoms with Crippen molar-refractivity contribution in [3.8, 4) is 0 Å². The molecule has 0 saturated heterocycles. The minimum absolute atomic E-state index is 0.119. The van der Waals surface area contributed by atoms with E-state index < -0.39 is 0 Å². The van der Waals surface area contributed by atoms with E-state index in [0.29, 0.717) is 12.1 Å². The van der Waals surface area contributed by atoms with Gasteiger partial charge in [-0.2, -0.15) is 0 Å². The summed E-state index contributed by atoms with van der Waals surface area (Å²) in [6, 6.07) is 5.30. The van der Waals surface area contributed by atoms with Crippen LogP contribution in [0.25, 0.3) is 0 Å². The molecular weight excluding hydrogens is 240 g/mol. The van der Waals surface area contributed by atoms with E-state index in [1.165, 1.54) is 6.26 Å². The average Bonchev–Trinajstić information content (AvgIpc) is 2.76. The molecule has 2 aromatic heterocycles. The van der Waals surface area contributed by atoms with E-state index in [4.69, 9.17) is 16.0 Å². The molecule has 0 atom stereocenters. The van der Waals surface area contributed by atoms with Gasteiger partial charge in [0.15, 0.2) is 0 Å². The highest BCUT2D eigenvalue weighted by molar-refractivity contribution is 6.32. The van der Waals surface area contributed by atoms with Crippen LogP contribution in [-0.4, -0.2) is 22.8 Å². The van der Waals surface area contributed by atoms with Gasteiger partial charge in [-0.25, -0.2) is 0 Å². The number of carbonyl (C=O) groups is 1. The monoisotopic (exact) mass is 250 g/mol. The Balaban J connectivity index is 2.09. The van der Waals surface area contributed by atoms with Crippen molar-refractivity contribution in [3.05, 3.63) is 53.2 Å². The second-order valence-electron chi connectivity index (χ2n) is 3.63. The van der Waals surface area contributed by atoms with Gasteiger partial charge >= 0.3 is 0 Å². The lowest BCUT2D eigenvalue weighted by molar-refractivity contribution is 0.0784. The van der Waals surface area contributed by atoms with Crippen molar-refractivity contribution < 1.29 is 9.21 Å². The van der Waals surface area contributed by atoms with Crippen molar-refractivity contribution >= 4 is 17.5 Å². The van der Waals surface area contributed by atoms with Crippen LogP contribution in [0.3, 0.4) is 0 Å². The highest BCUT2D eigenvalue weighted by Gasteiger charge is 2.17. The van der Waals surface area contributed by atoms with E-state index in [1.807, 2.05) is 12.1 Å². The molecule has 0 fully saturated rings. The van der Waals surface area contributed by atoms with Crippen LogP contribution < -0.4 is 0 Å². The molecule has 17 heavy (non-hydrogen) atoms. The third-order valence-electron chi connectivity index (χ3n) is 2.34. The molecule has 0 spiro atoms. The average molecular weight is 251 g/mol. The van der Waals surface area contributed by atoms with Crippen molar-refractivity contribution in [2.45, 2.75) is 6.54 Å². The van der Waals surface area contributed by atoms with Gasteiger partial charge in [-0.1, -0.05) is 6.07 Å². The Morgan fingerprint density at radius 2 is 2.35 bits per heavy atom. The Labute approximate surface area is 104 Å². The van der Waals surface area contributed by atoms with E-state index >= 15 is 0 Å². The maximum absolute atomic E-state index is 12.0. The van der Waals surface area contributed by atoms with Crippen molar-refractivity contribution in [1.82, 2.24) is 9.88 Å². The number of nitrogens with zero attached hydrogens (tertiary/aromatic N) is 2. The topological polar surface area (TPSA) is 46.3 Å². The van der Waals surface area contributed by atoms with Gasteiger partial charge in [-0.15, -0.1) is 0 Å². The Morgan fingerprint density at radius 1 is 1.53 bits per heavy atom. The minimum atomic E-state index is -0.174. The van der Waals surface area contributed by atoms with E-state index in [2.05, 4.69) is 4.98 Å². The molecule has 0 unspecified atom stereocenters. The van der Waals surface area contributed by atoms with Crippen LogP contribution in [0, 0.1) is 0 Å². The van der Waals surface area contributed by atoms with Crippen LogP contribution in [-0.2, 0) is 6.54 Å². The lowest BCUT2D eigenvalue weighted by Gasteiger charge is -2.16. The van der Waals surface area contributed by atoms with Crippen molar-refractivity contribution in [3.63, 3.8) is 0 Å². The molecule has 0 aromatic carbocycles. The molecule has 0 saturated carbocycles. The Bertz CT molecular complexity index is 510. The second kappa shape index (κ2) is 5.01. The molecule has 0 aliphatic carbocycles. The number of hydrogen-bond acceptors (Lipinski definition) is 3. The van der Waals surface area contributed by atoms with Gasteiger partial charge in [0.1, 0.15) is 0 Å². The summed E-state index contributed by atoms with van der Waals surface area (Å²) in [5.74, 6) is -0.174. The largest absolute Gasteiger partial charge is 0.452 e. The number of halogens is 1. The zero-order chi connectivity index (χ0) is 12.3. The zero-order valence-corrected chi connectivity index (χ0v) is 10.0. The molecule has 88 valence electrons. The maximum Gasteiger partial charge on any atom is 0.258 e. The van der Waals surface area contributed by atoms with Crippen molar-refractivity contribution in [2.24, 2.45) is 0 Å². The van der Waals surface area contributed by atoms with Crippen LogP contribution >= 0.6 is 11.6 Å². The summed E-state index contributed by atoms with van der Waals surface area (Å²) in [5.41, 5.74) is 1.33. The second-order valence-corrected chi connectivity index (χ2v) is 3.97. The summed E-state index contributed by atoms with van der Waals surface area (Å²) in [7, 11) is 1.71. The fourth-order valence-corrected chi connectivity index (χ4v) is 1.68. The molecule has 2 heterocycles. The van der Waals surface area contributed by atoms with Gasteiger partial charge in [0, 0.05) is 26.0 Å². The SMILES string of the molecule is CN(Cc1cccnc1)C(=O)c1ccoc1Cl. The number of carbonyl (C=O) groups excluding carboxylic acids is 1. The summed E-state index contributed by atoms with van der Waals surface area (Å²) in [6.45, 7) is 0.480. The molecule has 0 N–H and O–H groups in total. The summed E-state index contributed by atoms with van der Waals surface area (Å²) < 4.78 is 4.89. The van der Waals surface area contributed by atoms with Gasteiger partial charge in [-0.05, 0) is 29.3 Å². The number of hydrogen-bond donors (Lipinski definition) is 0.